The normalized spacial score (nSPS) is 10.6. The zero-order valence-electron chi connectivity index (χ0n) is 32.3. The van der Waals surface area contributed by atoms with Crippen LogP contribution in [-0.2, 0) is 28.4 Å². The fourth-order valence-electron chi connectivity index (χ4n) is 4.75. The smallest absolute Gasteiger partial charge is 0.412 e. The van der Waals surface area contributed by atoms with E-state index in [1.54, 1.807) is 84.9 Å². The zero-order chi connectivity index (χ0) is 41.3. The number of nitrogens with one attached hydrogen (secondary N) is 6. The van der Waals surface area contributed by atoms with E-state index in [-0.39, 0.29) is 43.3 Å². The lowest BCUT2D eigenvalue weighted by Gasteiger charge is -2.31. The molecule has 0 fully saturated rings. The molecule has 0 atom stereocenters. The molecule has 3 aromatic carbocycles. The van der Waals surface area contributed by atoms with E-state index in [0.29, 0.717) is 33.8 Å². The van der Waals surface area contributed by atoms with Crippen molar-refractivity contribution in [2.75, 3.05) is 64.9 Å². The van der Waals surface area contributed by atoms with Crippen molar-refractivity contribution < 1.29 is 57.2 Å². The molecule has 302 valence electrons. The second-order valence-electron chi connectivity index (χ2n) is 12.1. The molecule has 0 aliphatic rings. The highest BCUT2D eigenvalue weighted by Gasteiger charge is 2.37. The van der Waals surface area contributed by atoms with Crippen LogP contribution in [0.1, 0.15) is 50.8 Å². The quantitative estimate of drug-likeness (QED) is 0.0797. The summed E-state index contributed by atoms with van der Waals surface area (Å²) in [7, 11) is 0. The third kappa shape index (κ3) is 13.9. The minimum absolute atomic E-state index is 0.000815. The van der Waals surface area contributed by atoms with Gasteiger partial charge in [0.05, 0.1) is 19.8 Å². The lowest BCUT2D eigenvalue weighted by molar-refractivity contribution is -0.0648. The molecular formula is C38H48N6O12. The number of carbonyl (C=O) groups is 6. The predicted molar refractivity (Wildman–Crippen MR) is 209 cm³/mol. The summed E-state index contributed by atoms with van der Waals surface area (Å²) in [6.45, 7) is 11.2. The van der Waals surface area contributed by atoms with E-state index < -0.39 is 55.4 Å². The molecule has 0 saturated carbocycles. The first kappa shape index (κ1) is 43.7. The fraction of sp³-hybridized carbons (Fsp3) is 0.368. The third-order valence-corrected chi connectivity index (χ3v) is 7.87. The third-order valence-electron chi connectivity index (χ3n) is 7.87. The summed E-state index contributed by atoms with van der Waals surface area (Å²) < 4.78 is 31.6. The maximum absolute atomic E-state index is 13.3. The Morgan fingerprint density at radius 1 is 0.446 bits per heavy atom. The van der Waals surface area contributed by atoms with Gasteiger partial charge in [0.2, 0.25) is 0 Å². The van der Waals surface area contributed by atoms with Crippen molar-refractivity contribution in [3.8, 4) is 0 Å². The number of aryl methyl sites for hydroxylation is 3. The molecule has 6 N–H and O–H groups in total. The van der Waals surface area contributed by atoms with Gasteiger partial charge in [-0.25, -0.2) is 28.8 Å². The molecule has 6 amide bonds. The number of amides is 6. The van der Waals surface area contributed by atoms with E-state index in [0.717, 1.165) is 0 Å². The van der Waals surface area contributed by atoms with E-state index in [1.165, 1.54) is 18.2 Å². The summed E-state index contributed by atoms with van der Waals surface area (Å²) >= 11 is 0. The second kappa shape index (κ2) is 21.2. The number of ether oxygens (including phenoxy) is 6. The first-order chi connectivity index (χ1) is 26.7. The Morgan fingerprint density at radius 3 is 1.05 bits per heavy atom. The summed E-state index contributed by atoms with van der Waals surface area (Å²) in [4.78, 5) is 75.4. The Hall–Kier alpha value is -6.72. The predicted octanol–water partition coefficient (Wildman–Crippen LogP) is 8.51. The van der Waals surface area contributed by atoms with Gasteiger partial charge in [0, 0.05) is 34.1 Å². The Kier molecular flexibility index (Phi) is 16.6. The molecule has 0 aliphatic carbocycles. The van der Waals surface area contributed by atoms with Crippen LogP contribution in [0.4, 0.5) is 62.9 Å². The van der Waals surface area contributed by atoms with E-state index in [2.05, 4.69) is 31.9 Å². The first-order valence-electron chi connectivity index (χ1n) is 17.7. The highest BCUT2D eigenvalue weighted by atomic mass is 16.6. The minimum atomic E-state index is -1.72. The van der Waals surface area contributed by atoms with Crippen LogP contribution < -0.4 is 31.9 Å². The molecular weight excluding hydrogens is 732 g/mol. The van der Waals surface area contributed by atoms with Crippen molar-refractivity contribution >= 4 is 70.7 Å². The Bertz CT molecular complexity index is 1800. The van der Waals surface area contributed by atoms with Crippen LogP contribution in [0, 0.1) is 20.8 Å². The molecule has 0 unspecified atom stereocenters. The SMILES string of the molecule is CCOC(=O)Nc1cc(NC(=O)OCC(CC)(COC(=O)Nc2ccc(C)c(NC(=O)OCC)c2)OC(=O)Nc2ccc(C)c(NC(=O)OCC)c2)ccc1C. The Morgan fingerprint density at radius 2 is 0.750 bits per heavy atom. The minimum Gasteiger partial charge on any atom is -0.450 e. The molecule has 0 aliphatic heterocycles. The monoisotopic (exact) mass is 780 g/mol. The van der Waals surface area contributed by atoms with Crippen LogP contribution in [0.5, 0.6) is 0 Å². The van der Waals surface area contributed by atoms with Crippen LogP contribution in [0.2, 0.25) is 0 Å². The van der Waals surface area contributed by atoms with Crippen LogP contribution in [0.25, 0.3) is 0 Å². The van der Waals surface area contributed by atoms with Crippen molar-refractivity contribution in [1.29, 1.82) is 0 Å². The number of carbonyl (C=O) groups excluding carboxylic acids is 6. The van der Waals surface area contributed by atoms with E-state index in [9.17, 15) is 28.8 Å². The number of anilines is 6. The van der Waals surface area contributed by atoms with Gasteiger partial charge in [-0.3, -0.25) is 31.9 Å². The molecule has 3 aromatic rings. The maximum atomic E-state index is 13.3. The van der Waals surface area contributed by atoms with Crippen molar-refractivity contribution in [3.05, 3.63) is 71.3 Å². The van der Waals surface area contributed by atoms with E-state index >= 15 is 0 Å². The lowest BCUT2D eigenvalue weighted by atomic mass is 10.0. The molecule has 18 heteroatoms. The molecule has 0 spiro atoms. The van der Waals surface area contributed by atoms with Gasteiger partial charge in [0.1, 0.15) is 13.2 Å². The van der Waals surface area contributed by atoms with Gasteiger partial charge in [-0.05, 0) is 101 Å². The molecule has 0 aromatic heterocycles. The summed E-state index contributed by atoms with van der Waals surface area (Å²) in [5.41, 5.74) is 2.30. The fourth-order valence-corrected chi connectivity index (χ4v) is 4.75. The van der Waals surface area contributed by atoms with Gasteiger partial charge in [-0.1, -0.05) is 25.1 Å². The zero-order valence-corrected chi connectivity index (χ0v) is 32.3. The average molecular weight is 781 g/mol. The van der Waals surface area contributed by atoms with Gasteiger partial charge in [0.15, 0.2) is 5.60 Å². The molecule has 0 radical (unpaired) electrons. The number of rotatable bonds is 15. The molecule has 18 nitrogen and oxygen atoms in total. The highest BCUT2D eigenvalue weighted by molar-refractivity contribution is 5.92. The van der Waals surface area contributed by atoms with Crippen molar-refractivity contribution in [1.82, 2.24) is 0 Å². The Labute approximate surface area is 324 Å². The summed E-state index contributed by atoms with van der Waals surface area (Å²) in [6, 6.07) is 14.2. The molecule has 0 bridgehead atoms. The first-order valence-corrected chi connectivity index (χ1v) is 17.7. The molecule has 56 heavy (non-hydrogen) atoms. The molecule has 0 saturated heterocycles. The summed E-state index contributed by atoms with van der Waals surface area (Å²) in [5, 5.41) is 15.5. The largest absolute Gasteiger partial charge is 0.450 e. The second-order valence-corrected chi connectivity index (χ2v) is 12.1. The van der Waals surface area contributed by atoms with Crippen molar-refractivity contribution in [3.63, 3.8) is 0 Å². The van der Waals surface area contributed by atoms with Crippen molar-refractivity contribution in [2.24, 2.45) is 0 Å². The average Bonchev–Trinajstić information content (AvgIpc) is 3.14. The highest BCUT2D eigenvalue weighted by Crippen LogP contribution is 2.26. The Balaban J connectivity index is 1.79. The van der Waals surface area contributed by atoms with Crippen LogP contribution >= 0.6 is 0 Å². The molecule has 3 rings (SSSR count). The van der Waals surface area contributed by atoms with E-state index in [4.69, 9.17) is 28.4 Å². The standard InChI is InChI=1S/C38H48N6O12/c1-8-38(56-37(50)41-28-17-14-25(7)31(20-28)44-36(49)53-11-4,21-54-32(45)39-26-15-12-23(5)29(18-26)42-34(47)51-9-2)22-55-33(46)40-27-16-13-24(6)30(19-27)43-35(48)52-10-3/h12-20H,8-11,21-22H2,1-7H3,(H,39,45)(H,40,46)(H,41,50)(H,42,47)(H,43,48)(H,44,49). The molecule has 0 heterocycles. The summed E-state index contributed by atoms with van der Waals surface area (Å²) in [5.74, 6) is 0. The van der Waals surface area contributed by atoms with Gasteiger partial charge in [0.25, 0.3) is 0 Å². The number of hydrogen-bond donors (Lipinski definition) is 6. The topological polar surface area (TPSA) is 230 Å². The van der Waals surface area contributed by atoms with Crippen LogP contribution in [0.3, 0.4) is 0 Å². The van der Waals surface area contributed by atoms with Gasteiger partial charge in [-0.2, -0.15) is 0 Å². The van der Waals surface area contributed by atoms with Crippen molar-refractivity contribution in [2.45, 2.75) is 60.5 Å². The van der Waals surface area contributed by atoms with E-state index in [1.807, 2.05) is 0 Å². The van der Waals surface area contributed by atoms with Gasteiger partial charge in [-0.15, -0.1) is 0 Å². The lowest BCUT2D eigenvalue weighted by Crippen LogP contribution is -2.46. The summed E-state index contributed by atoms with van der Waals surface area (Å²) in [6.07, 6.45) is -4.91. The van der Waals surface area contributed by atoms with Gasteiger partial charge >= 0.3 is 36.6 Å². The number of hydrogen-bond acceptors (Lipinski definition) is 12. The van der Waals surface area contributed by atoms with Gasteiger partial charge < -0.3 is 28.4 Å². The number of benzene rings is 3. The maximum Gasteiger partial charge on any atom is 0.412 e. The van der Waals surface area contributed by atoms with Crippen LogP contribution in [-0.4, -0.2) is 75.2 Å². The van der Waals surface area contributed by atoms with Crippen LogP contribution in [0.15, 0.2) is 54.6 Å².